The predicted molar refractivity (Wildman–Crippen MR) is 78.8 cm³/mol. The summed E-state index contributed by atoms with van der Waals surface area (Å²) in [5, 5.41) is 3.91. The van der Waals surface area contributed by atoms with Crippen LogP contribution in [0.4, 0.5) is 0 Å². The Morgan fingerprint density at radius 2 is 2.05 bits per heavy atom. The van der Waals surface area contributed by atoms with Gasteiger partial charge in [0.05, 0.1) is 12.8 Å². The molecule has 1 N–H and O–H groups in total. The first kappa shape index (κ1) is 14.6. The number of hydrogen-bond acceptors (Lipinski definition) is 3. The van der Waals surface area contributed by atoms with Crippen LogP contribution in [0.25, 0.3) is 0 Å². The quantitative estimate of drug-likeness (QED) is 0.842. The molecule has 19 heavy (non-hydrogen) atoms. The lowest BCUT2D eigenvalue weighted by Gasteiger charge is -2.25. The SMILES string of the molecule is COc1cc(C)nc(CNCC2CCC(Cl)CC2)c1. The lowest BCUT2D eigenvalue weighted by atomic mass is 9.89. The third kappa shape index (κ3) is 4.66. The van der Waals surface area contributed by atoms with E-state index in [1.54, 1.807) is 7.11 Å². The van der Waals surface area contributed by atoms with Crippen molar-refractivity contribution in [2.45, 2.75) is 44.5 Å². The van der Waals surface area contributed by atoms with Crippen molar-refractivity contribution in [3.8, 4) is 5.75 Å². The number of halogens is 1. The van der Waals surface area contributed by atoms with E-state index in [1.807, 2.05) is 19.1 Å². The number of rotatable bonds is 5. The molecule has 0 unspecified atom stereocenters. The molecule has 106 valence electrons. The fourth-order valence-corrected chi connectivity index (χ4v) is 2.89. The normalized spacial score (nSPS) is 23.3. The number of nitrogens with one attached hydrogen (secondary N) is 1. The van der Waals surface area contributed by atoms with Gasteiger partial charge >= 0.3 is 0 Å². The Balaban J connectivity index is 1.77. The molecule has 3 nitrogen and oxygen atoms in total. The topological polar surface area (TPSA) is 34.1 Å². The Bertz CT molecular complexity index is 403. The second-order valence-electron chi connectivity index (χ2n) is 5.39. The number of nitrogens with zero attached hydrogens (tertiary/aromatic N) is 1. The number of pyridine rings is 1. The minimum Gasteiger partial charge on any atom is -0.497 e. The average Bonchev–Trinajstić information content (AvgIpc) is 2.40. The van der Waals surface area contributed by atoms with E-state index in [4.69, 9.17) is 16.3 Å². The van der Waals surface area contributed by atoms with E-state index < -0.39 is 0 Å². The maximum Gasteiger partial charge on any atom is 0.122 e. The van der Waals surface area contributed by atoms with Gasteiger partial charge in [-0.05, 0) is 45.1 Å². The van der Waals surface area contributed by atoms with Gasteiger partial charge < -0.3 is 10.1 Å². The molecule has 0 spiro atoms. The molecule has 1 aliphatic rings. The fourth-order valence-electron chi connectivity index (χ4n) is 2.64. The first-order valence-corrected chi connectivity index (χ1v) is 7.47. The average molecular weight is 283 g/mol. The summed E-state index contributed by atoms with van der Waals surface area (Å²) in [6.07, 6.45) is 4.80. The van der Waals surface area contributed by atoms with Crippen molar-refractivity contribution in [2.75, 3.05) is 13.7 Å². The molecule has 0 amide bonds. The highest BCUT2D eigenvalue weighted by Crippen LogP contribution is 2.27. The van der Waals surface area contributed by atoms with Gasteiger partial charge in [0.1, 0.15) is 5.75 Å². The van der Waals surface area contributed by atoms with Gasteiger partial charge in [0, 0.05) is 29.7 Å². The van der Waals surface area contributed by atoms with Crippen LogP contribution >= 0.6 is 11.6 Å². The van der Waals surface area contributed by atoms with E-state index in [0.29, 0.717) is 5.38 Å². The Kier molecular flexibility index (Phi) is 5.46. The van der Waals surface area contributed by atoms with Gasteiger partial charge in [-0.25, -0.2) is 0 Å². The maximum absolute atomic E-state index is 6.12. The summed E-state index contributed by atoms with van der Waals surface area (Å²) in [7, 11) is 1.69. The molecule has 1 aromatic heterocycles. The molecule has 1 saturated carbocycles. The highest BCUT2D eigenvalue weighted by molar-refractivity contribution is 6.20. The summed E-state index contributed by atoms with van der Waals surface area (Å²) in [5.74, 6) is 1.65. The van der Waals surface area contributed by atoms with Crippen LogP contribution in [0.2, 0.25) is 0 Å². The molecule has 1 heterocycles. The number of methoxy groups -OCH3 is 1. The lowest BCUT2D eigenvalue weighted by molar-refractivity contribution is 0.345. The Morgan fingerprint density at radius 1 is 1.32 bits per heavy atom. The van der Waals surface area contributed by atoms with Crippen LogP contribution in [-0.4, -0.2) is 24.0 Å². The lowest BCUT2D eigenvalue weighted by Crippen LogP contribution is -2.26. The van der Waals surface area contributed by atoms with Crippen LogP contribution < -0.4 is 10.1 Å². The molecule has 0 aromatic carbocycles. The predicted octanol–water partition coefficient (Wildman–Crippen LogP) is 3.29. The van der Waals surface area contributed by atoms with E-state index >= 15 is 0 Å². The second-order valence-corrected chi connectivity index (χ2v) is 6.01. The maximum atomic E-state index is 6.12. The van der Waals surface area contributed by atoms with Crippen molar-refractivity contribution >= 4 is 11.6 Å². The molecule has 0 radical (unpaired) electrons. The summed E-state index contributed by atoms with van der Waals surface area (Å²) >= 11 is 6.12. The summed E-state index contributed by atoms with van der Waals surface area (Å²) in [6.45, 7) is 3.86. The monoisotopic (exact) mass is 282 g/mol. The van der Waals surface area contributed by atoms with E-state index in [1.165, 1.54) is 12.8 Å². The van der Waals surface area contributed by atoms with Crippen LogP contribution in [0.5, 0.6) is 5.75 Å². The van der Waals surface area contributed by atoms with Gasteiger partial charge in [-0.1, -0.05) is 0 Å². The van der Waals surface area contributed by atoms with Gasteiger partial charge in [-0.15, -0.1) is 11.6 Å². The van der Waals surface area contributed by atoms with Crippen LogP contribution in [0.1, 0.15) is 37.1 Å². The van der Waals surface area contributed by atoms with E-state index in [0.717, 1.165) is 49.0 Å². The Hall–Kier alpha value is -0.800. The summed E-state index contributed by atoms with van der Waals surface area (Å²) in [6, 6.07) is 3.95. The van der Waals surface area contributed by atoms with Crippen molar-refractivity contribution < 1.29 is 4.74 Å². The van der Waals surface area contributed by atoms with Gasteiger partial charge in [-0.2, -0.15) is 0 Å². The molecule has 4 heteroatoms. The molecule has 0 aliphatic heterocycles. The number of ether oxygens (including phenoxy) is 1. The summed E-state index contributed by atoms with van der Waals surface area (Å²) < 4.78 is 5.26. The second kappa shape index (κ2) is 7.11. The smallest absolute Gasteiger partial charge is 0.122 e. The van der Waals surface area contributed by atoms with Gasteiger partial charge in [0.25, 0.3) is 0 Å². The third-order valence-corrected chi connectivity index (χ3v) is 4.17. The van der Waals surface area contributed by atoms with Gasteiger partial charge in [0.15, 0.2) is 0 Å². The number of aryl methyl sites for hydroxylation is 1. The van der Waals surface area contributed by atoms with Crippen LogP contribution in [-0.2, 0) is 6.54 Å². The molecular formula is C15H23ClN2O. The van der Waals surface area contributed by atoms with Crippen LogP contribution in [0.3, 0.4) is 0 Å². The van der Waals surface area contributed by atoms with Crippen molar-refractivity contribution in [1.29, 1.82) is 0 Å². The summed E-state index contributed by atoms with van der Waals surface area (Å²) in [5.41, 5.74) is 2.04. The Morgan fingerprint density at radius 3 is 2.74 bits per heavy atom. The molecule has 1 aliphatic carbocycles. The number of hydrogen-bond donors (Lipinski definition) is 1. The van der Waals surface area contributed by atoms with Crippen LogP contribution in [0, 0.1) is 12.8 Å². The van der Waals surface area contributed by atoms with Gasteiger partial charge in [-0.3, -0.25) is 4.98 Å². The minimum atomic E-state index is 0.402. The summed E-state index contributed by atoms with van der Waals surface area (Å²) in [4.78, 5) is 4.51. The highest BCUT2D eigenvalue weighted by atomic mass is 35.5. The zero-order chi connectivity index (χ0) is 13.7. The zero-order valence-corrected chi connectivity index (χ0v) is 12.5. The molecule has 1 aromatic rings. The number of aromatic nitrogens is 1. The fraction of sp³-hybridized carbons (Fsp3) is 0.667. The van der Waals surface area contributed by atoms with E-state index in [-0.39, 0.29) is 0 Å². The largest absolute Gasteiger partial charge is 0.497 e. The zero-order valence-electron chi connectivity index (χ0n) is 11.8. The first-order chi connectivity index (χ1) is 9.17. The first-order valence-electron chi connectivity index (χ1n) is 7.03. The molecule has 0 atom stereocenters. The van der Waals surface area contributed by atoms with E-state index in [9.17, 15) is 0 Å². The van der Waals surface area contributed by atoms with Gasteiger partial charge in [0.2, 0.25) is 0 Å². The molecular weight excluding hydrogens is 260 g/mol. The van der Waals surface area contributed by atoms with E-state index in [2.05, 4.69) is 10.3 Å². The molecule has 0 bridgehead atoms. The van der Waals surface area contributed by atoms with Crippen molar-refractivity contribution in [3.63, 3.8) is 0 Å². The van der Waals surface area contributed by atoms with Crippen molar-refractivity contribution in [1.82, 2.24) is 10.3 Å². The van der Waals surface area contributed by atoms with Crippen molar-refractivity contribution in [2.24, 2.45) is 5.92 Å². The van der Waals surface area contributed by atoms with Crippen molar-refractivity contribution in [3.05, 3.63) is 23.5 Å². The highest BCUT2D eigenvalue weighted by Gasteiger charge is 2.18. The standard InChI is InChI=1S/C15H23ClN2O/c1-11-7-15(19-2)8-14(18-11)10-17-9-12-3-5-13(16)6-4-12/h7-8,12-13,17H,3-6,9-10H2,1-2H3. The third-order valence-electron chi connectivity index (χ3n) is 3.73. The van der Waals surface area contributed by atoms with Crippen LogP contribution in [0.15, 0.2) is 12.1 Å². The molecule has 2 rings (SSSR count). The Labute approximate surface area is 120 Å². The minimum absolute atomic E-state index is 0.402. The molecule has 0 saturated heterocycles. The number of alkyl halides is 1. The molecule has 1 fully saturated rings.